The first-order valence-corrected chi connectivity index (χ1v) is 7.97. The average molecular weight is 328 g/mol. The lowest BCUT2D eigenvalue weighted by atomic mass is 9.91. The first-order valence-electron chi connectivity index (χ1n) is 7.18. The Labute approximate surface area is 126 Å². The van der Waals surface area contributed by atoms with Crippen molar-refractivity contribution in [1.29, 1.82) is 0 Å². The Hall–Kier alpha value is -0.540. The van der Waals surface area contributed by atoms with E-state index < -0.39 is 0 Å². The van der Waals surface area contributed by atoms with Crippen molar-refractivity contribution in [2.75, 3.05) is 13.7 Å². The van der Waals surface area contributed by atoms with Gasteiger partial charge in [0.15, 0.2) is 0 Å². The zero-order chi connectivity index (χ0) is 14.3. The molecule has 0 fully saturated rings. The Bertz CT molecular complexity index is 381. The molecule has 0 amide bonds. The van der Waals surface area contributed by atoms with E-state index in [1.54, 1.807) is 7.11 Å². The van der Waals surface area contributed by atoms with Gasteiger partial charge in [-0.2, -0.15) is 0 Å². The molecule has 1 rings (SSSR count). The molecule has 0 aliphatic carbocycles. The van der Waals surface area contributed by atoms with Crippen LogP contribution in [0.5, 0.6) is 5.75 Å². The highest BCUT2D eigenvalue weighted by molar-refractivity contribution is 9.10. The van der Waals surface area contributed by atoms with E-state index in [1.807, 2.05) is 12.1 Å². The van der Waals surface area contributed by atoms with Gasteiger partial charge in [-0.25, -0.2) is 0 Å². The summed E-state index contributed by atoms with van der Waals surface area (Å²) in [4.78, 5) is 0. The molecule has 0 saturated heterocycles. The first-order chi connectivity index (χ1) is 9.12. The molecule has 1 aromatic carbocycles. The maximum absolute atomic E-state index is 5.47. The fourth-order valence-corrected chi connectivity index (χ4v) is 2.95. The summed E-state index contributed by atoms with van der Waals surface area (Å²) in [5, 5.41) is 3.62. The zero-order valence-electron chi connectivity index (χ0n) is 12.5. The lowest BCUT2D eigenvalue weighted by Crippen LogP contribution is -2.36. The molecule has 2 nitrogen and oxygen atoms in total. The zero-order valence-corrected chi connectivity index (χ0v) is 14.1. The topological polar surface area (TPSA) is 21.3 Å². The second-order valence-electron chi connectivity index (χ2n) is 5.09. The van der Waals surface area contributed by atoms with E-state index in [-0.39, 0.29) is 0 Å². The van der Waals surface area contributed by atoms with Crippen molar-refractivity contribution >= 4 is 15.9 Å². The lowest BCUT2D eigenvalue weighted by molar-refractivity contribution is 0.350. The second kappa shape index (κ2) is 8.60. The van der Waals surface area contributed by atoms with Gasteiger partial charge in [-0.1, -0.05) is 43.1 Å². The molecule has 0 spiro atoms. The summed E-state index contributed by atoms with van der Waals surface area (Å²) < 4.78 is 6.58. The van der Waals surface area contributed by atoms with E-state index in [0.717, 1.165) is 23.2 Å². The molecule has 0 aromatic heterocycles. The van der Waals surface area contributed by atoms with E-state index in [0.29, 0.717) is 12.0 Å². The standard InChI is InChI=1S/C16H26BrNO/c1-5-7-12(3)15(18-6-2)11-13-10-14(17)8-9-16(13)19-4/h8-10,12,15,18H,5-7,11H2,1-4H3. The van der Waals surface area contributed by atoms with Gasteiger partial charge >= 0.3 is 0 Å². The molecule has 3 heteroatoms. The minimum atomic E-state index is 0.508. The summed E-state index contributed by atoms with van der Waals surface area (Å²) in [5.74, 6) is 1.66. The normalized spacial score (nSPS) is 14.2. The average Bonchev–Trinajstić information content (AvgIpc) is 2.39. The Balaban J connectivity index is 2.85. The number of methoxy groups -OCH3 is 1. The van der Waals surface area contributed by atoms with Gasteiger partial charge in [0, 0.05) is 10.5 Å². The molecule has 0 radical (unpaired) electrons. The first kappa shape index (κ1) is 16.5. The number of halogens is 1. The van der Waals surface area contributed by atoms with Crippen LogP contribution < -0.4 is 10.1 Å². The fourth-order valence-electron chi connectivity index (χ4n) is 2.54. The highest BCUT2D eigenvalue weighted by Crippen LogP contribution is 2.26. The van der Waals surface area contributed by atoms with E-state index in [2.05, 4.69) is 48.1 Å². The van der Waals surface area contributed by atoms with Crippen LogP contribution in [0.25, 0.3) is 0 Å². The maximum Gasteiger partial charge on any atom is 0.122 e. The van der Waals surface area contributed by atoms with Gasteiger partial charge in [-0.3, -0.25) is 0 Å². The Morgan fingerprint density at radius 1 is 1.32 bits per heavy atom. The number of likely N-dealkylation sites (N-methyl/N-ethyl adjacent to an activating group) is 1. The molecule has 2 atom stereocenters. The van der Waals surface area contributed by atoms with Crippen molar-refractivity contribution < 1.29 is 4.74 Å². The predicted octanol–water partition coefficient (Wildman–Crippen LogP) is 4.41. The Kier molecular flexibility index (Phi) is 7.47. The van der Waals surface area contributed by atoms with E-state index in [4.69, 9.17) is 4.74 Å². The Morgan fingerprint density at radius 2 is 2.05 bits per heavy atom. The third kappa shape index (κ3) is 5.15. The lowest BCUT2D eigenvalue weighted by Gasteiger charge is -2.25. The fraction of sp³-hybridized carbons (Fsp3) is 0.625. The number of benzene rings is 1. The summed E-state index contributed by atoms with van der Waals surface area (Å²) in [5.41, 5.74) is 1.27. The van der Waals surface area contributed by atoms with Gasteiger partial charge in [0.1, 0.15) is 5.75 Å². The monoisotopic (exact) mass is 327 g/mol. The van der Waals surface area contributed by atoms with Gasteiger partial charge in [-0.05, 0) is 49.1 Å². The SMILES string of the molecule is CCCC(C)C(Cc1cc(Br)ccc1OC)NCC. The summed E-state index contributed by atoms with van der Waals surface area (Å²) >= 11 is 3.55. The van der Waals surface area contributed by atoms with Crippen LogP contribution in [-0.4, -0.2) is 19.7 Å². The minimum Gasteiger partial charge on any atom is -0.496 e. The minimum absolute atomic E-state index is 0.508. The second-order valence-corrected chi connectivity index (χ2v) is 6.01. The summed E-state index contributed by atoms with van der Waals surface area (Å²) in [6.07, 6.45) is 3.50. The molecular formula is C16H26BrNO. The van der Waals surface area contributed by atoms with Crippen molar-refractivity contribution in [3.8, 4) is 5.75 Å². The van der Waals surface area contributed by atoms with Crippen LogP contribution in [0.3, 0.4) is 0 Å². The van der Waals surface area contributed by atoms with E-state index in [1.165, 1.54) is 18.4 Å². The largest absolute Gasteiger partial charge is 0.496 e. The van der Waals surface area contributed by atoms with Crippen molar-refractivity contribution in [3.05, 3.63) is 28.2 Å². The Morgan fingerprint density at radius 3 is 2.63 bits per heavy atom. The highest BCUT2D eigenvalue weighted by Gasteiger charge is 2.18. The molecule has 1 aromatic rings. The summed E-state index contributed by atoms with van der Waals surface area (Å²) in [6, 6.07) is 6.74. The number of nitrogens with one attached hydrogen (secondary N) is 1. The molecule has 0 bridgehead atoms. The molecule has 0 saturated carbocycles. The molecular weight excluding hydrogens is 302 g/mol. The third-order valence-electron chi connectivity index (χ3n) is 3.58. The molecule has 108 valence electrons. The molecule has 0 aliphatic heterocycles. The van der Waals surface area contributed by atoms with Crippen LogP contribution in [0, 0.1) is 5.92 Å². The van der Waals surface area contributed by atoms with E-state index in [9.17, 15) is 0 Å². The van der Waals surface area contributed by atoms with Gasteiger partial charge in [0.25, 0.3) is 0 Å². The van der Waals surface area contributed by atoms with Crippen LogP contribution in [0.15, 0.2) is 22.7 Å². The van der Waals surface area contributed by atoms with Crippen LogP contribution >= 0.6 is 15.9 Å². The van der Waals surface area contributed by atoms with Gasteiger partial charge in [0.05, 0.1) is 7.11 Å². The summed E-state index contributed by atoms with van der Waals surface area (Å²) in [6.45, 7) is 7.76. The number of hydrogen-bond donors (Lipinski definition) is 1. The molecule has 19 heavy (non-hydrogen) atoms. The number of hydrogen-bond acceptors (Lipinski definition) is 2. The van der Waals surface area contributed by atoms with Gasteiger partial charge < -0.3 is 10.1 Å². The van der Waals surface area contributed by atoms with Gasteiger partial charge in [0.2, 0.25) is 0 Å². The quantitative estimate of drug-likeness (QED) is 0.763. The van der Waals surface area contributed by atoms with Crippen molar-refractivity contribution in [2.24, 2.45) is 5.92 Å². The van der Waals surface area contributed by atoms with Crippen LogP contribution in [0.1, 0.15) is 39.2 Å². The van der Waals surface area contributed by atoms with Gasteiger partial charge in [-0.15, -0.1) is 0 Å². The number of ether oxygens (including phenoxy) is 1. The molecule has 0 aliphatic rings. The van der Waals surface area contributed by atoms with E-state index >= 15 is 0 Å². The number of rotatable bonds is 8. The van der Waals surface area contributed by atoms with Crippen LogP contribution in [0.4, 0.5) is 0 Å². The third-order valence-corrected chi connectivity index (χ3v) is 4.07. The summed E-state index contributed by atoms with van der Waals surface area (Å²) in [7, 11) is 1.74. The molecule has 0 heterocycles. The van der Waals surface area contributed by atoms with Crippen LogP contribution in [-0.2, 0) is 6.42 Å². The predicted molar refractivity (Wildman–Crippen MR) is 85.9 cm³/mol. The van der Waals surface area contributed by atoms with Crippen molar-refractivity contribution in [2.45, 2.75) is 46.1 Å². The molecule has 1 N–H and O–H groups in total. The maximum atomic E-state index is 5.47. The smallest absolute Gasteiger partial charge is 0.122 e. The van der Waals surface area contributed by atoms with Crippen molar-refractivity contribution in [3.63, 3.8) is 0 Å². The van der Waals surface area contributed by atoms with Crippen LogP contribution in [0.2, 0.25) is 0 Å². The van der Waals surface area contributed by atoms with Crippen molar-refractivity contribution in [1.82, 2.24) is 5.32 Å². The molecule has 2 unspecified atom stereocenters. The highest BCUT2D eigenvalue weighted by atomic mass is 79.9.